The van der Waals surface area contributed by atoms with E-state index >= 15 is 0 Å². The zero-order chi connectivity index (χ0) is 18.9. The van der Waals surface area contributed by atoms with E-state index in [1.54, 1.807) is 18.2 Å². The van der Waals surface area contributed by atoms with Crippen LogP contribution in [-0.2, 0) is 16.1 Å². The minimum absolute atomic E-state index is 0.0895. The third-order valence-corrected chi connectivity index (χ3v) is 3.70. The van der Waals surface area contributed by atoms with Gasteiger partial charge < -0.3 is 24.6 Å². The van der Waals surface area contributed by atoms with Gasteiger partial charge in [0.2, 0.25) is 0 Å². The molecule has 0 heterocycles. The molecule has 7 nitrogen and oxygen atoms in total. The Bertz CT molecular complexity index is 747. The molecule has 2 rings (SSSR count). The number of ether oxygens (including phenoxy) is 3. The number of carbonyl (C=O) groups excluding carboxylic acids is 1. The highest BCUT2D eigenvalue weighted by molar-refractivity contribution is 5.72. The van der Waals surface area contributed by atoms with Gasteiger partial charge in [0.15, 0.2) is 0 Å². The van der Waals surface area contributed by atoms with Crippen molar-refractivity contribution in [2.24, 2.45) is 0 Å². The number of hydrogen-bond donors (Lipinski definition) is 2. The van der Waals surface area contributed by atoms with Crippen molar-refractivity contribution in [3.8, 4) is 11.5 Å². The number of methoxy groups -OCH3 is 2. The number of amides is 1. The fraction of sp³-hybridized carbons (Fsp3) is 0.263. The number of carbonyl (C=O) groups is 2. The summed E-state index contributed by atoms with van der Waals surface area (Å²) in [6, 6.07) is 13.3. The maximum atomic E-state index is 12.1. The summed E-state index contributed by atoms with van der Waals surface area (Å²) in [4.78, 5) is 23.3. The molecule has 0 bridgehead atoms. The van der Waals surface area contributed by atoms with E-state index in [9.17, 15) is 14.7 Å². The first-order valence-corrected chi connectivity index (χ1v) is 7.94. The molecule has 7 heteroatoms. The van der Waals surface area contributed by atoms with Gasteiger partial charge in [0.05, 0.1) is 26.7 Å². The van der Waals surface area contributed by atoms with Gasteiger partial charge >= 0.3 is 12.1 Å². The van der Waals surface area contributed by atoms with Gasteiger partial charge in [-0.2, -0.15) is 0 Å². The molecule has 0 aromatic heterocycles. The zero-order valence-corrected chi connectivity index (χ0v) is 14.6. The molecule has 2 aromatic carbocycles. The summed E-state index contributed by atoms with van der Waals surface area (Å²) < 4.78 is 15.6. The van der Waals surface area contributed by atoms with Crippen LogP contribution in [-0.4, -0.2) is 31.4 Å². The van der Waals surface area contributed by atoms with Gasteiger partial charge in [0, 0.05) is 11.6 Å². The minimum atomic E-state index is -1.06. The predicted molar refractivity (Wildman–Crippen MR) is 94.3 cm³/mol. The quantitative estimate of drug-likeness (QED) is 0.752. The summed E-state index contributed by atoms with van der Waals surface area (Å²) in [5.74, 6) is -0.0819. The van der Waals surface area contributed by atoms with Crippen molar-refractivity contribution in [1.82, 2.24) is 5.32 Å². The van der Waals surface area contributed by atoms with E-state index in [1.807, 2.05) is 30.3 Å². The van der Waals surface area contributed by atoms with Crippen molar-refractivity contribution >= 4 is 12.1 Å². The molecular formula is C19H21NO6. The first kappa shape index (κ1) is 19.1. The average Bonchev–Trinajstić information content (AvgIpc) is 2.65. The Balaban J connectivity index is 2.11. The number of hydrogen-bond acceptors (Lipinski definition) is 5. The van der Waals surface area contributed by atoms with Crippen LogP contribution in [0.4, 0.5) is 4.79 Å². The number of carboxylic acid groups (broad SMARTS) is 1. The van der Waals surface area contributed by atoms with Crippen LogP contribution >= 0.6 is 0 Å². The number of benzene rings is 2. The number of rotatable bonds is 8. The monoisotopic (exact) mass is 359 g/mol. The summed E-state index contributed by atoms with van der Waals surface area (Å²) in [5, 5.41) is 11.8. The second kappa shape index (κ2) is 9.31. The lowest BCUT2D eigenvalue weighted by Gasteiger charge is -2.20. The molecule has 2 aromatic rings. The lowest BCUT2D eigenvalue weighted by molar-refractivity contribution is -0.137. The normalized spacial score (nSPS) is 11.3. The smallest absolute Gasteiger partial charge is 0.407 e. The lowest BCUT2D eigenvalue weighted by Crippen LogP contribution is -2.31. The Morgan fingerprint density at radius 2 is 1.81 bits per heavy atom. The van der Waals surface area contributed by atoms with Crippen LogP contribution in [0.3, 0.4) is 0 Å². The Labute approximate surface area is 151 Å². The third kappa shape index (κ3) is 5.41. The SMILES string of the molecule is COc1ccc([C@H](CC(=O)O)NC(=O)OCc2ccccc2)c(OC)c1. The summed E-state index contributed by atoms with van der Waals surface area (Å²) >= 11 is 0. The van der Waals surface area contributed by atoms with Gasteiger partial charge in [-0.1, -0.05) is 30.3 Å². The van der Waals surface area contributed by atoms with Crippen LogP contribution in [0.25, 0.3) is 0 Å². The van der Waals surface area contributed by atoms with Crippen molar-refractivity contribution in [2.45, 2.75) is 19.1 Å². The van der Waals surface area contributed by atoms with E-state index in [0.29, 0.717) is 17.1 Å². The Morgan fingerprint density at radius 3 is 2.42 bits per heavy atom. The second-order valence-electron chi connectivity index (χ2n) is 5.46. The van der Waals surface area contributed by atoms with Crippen LogP contribution in [0.15, 0.2) is 48.5 Å². The summed E-state index contributed by atoms with van der Waals surface area (Å²) in [5.41, 5.74) is 1.35. The van der Waals surface area contributed by atoms with Gasteiger partial charge in [-0.3, -0.25) is 4.79 Å². The van der Waals surface area contributed by atoms with Crippen molar-refractivity contribution in [3.63, 3.8) is 0 Å². The van der Waals surface area contributed by atoms with Gasteiger partial charge in [0.25, 0.3) is 0 Å². The maximum absolute atomic E-state index is 12.1. The van der Waals surface area contributed by atoms with Crippen LogP contribution in [0.1, 0.15) is 23.6 Å². The lowest BCUT2D eigenvalue weighted by atomic mass is 10.0. The molecule has 0 saturated carbocycles. The molecule has 26 heavy (non-hydrogen) atoms. The number of aliphatic carboxylic acids is 1. The fourth-order valence-corrected chi connectivity index (χ4v) is 2.43. The molecule has 0 unspecified atom stereocenters. The van der Waals surface area contributed by atoms with Crippen molar-refractivity contribution in [2.75, 3.05) is 14.2 Å². The predicted octanol–water partition coefficient (Wildman–Crippen LogP) is 3.15. The van der Waals surface area contributed by atoms with Crippen LogP contribution in [0, 0.1) is 0 Å². The van der Waals surface area contributed by atoms with Gasteiger partial charge in [0.1, 0.15) is 18.1 Å². The first-order chi connectivity index (χ1) is 12.5. The number of nitrogens with one attached hydrogen (secondary N) is 1. The Hall–Kier alpha value is -3.22. The maximum Gasteiger partial charge on any atom is 0.407 e. The van der Waals surface area contributed by atoms with Crippen LogP contribution in [0.2, 0.25) is 0 Å². The minimum Gasteiger partial charge on any atom is -0.497 e. The molecular weight excluding hydrogens is 338 g/mol. The van der Waals surface area contributed by atoms with E-state index in [0.717, 1.165) is 5.56 Å². The first-order valence-electron chi connectivity index (χ1n) is 7.94. The van der Waals surface area contributed by atoms with E-state index in [1.165, 1.54) is 14.2 Å². The van der Waals surface area contributed by atoms with E-state index in [2.05, 4.69) is 5.32 Å². The standard InChI is InChI=1S/C19H21NO6/c1-24-14-8-9-15(17(10-14)25-2)16(11-18(21)22)20-19(23)26-12-13-6-4-3-5-7-13/h3-10,16H,11-12H2,1-2H3,(H,20,23)(H,21,22)/t16-/m0/s1. The summed E-state index contributed by atoms with van der Waals surface area (Å²) in [6.45, 7) is 0.0895. The Morgan fingerprint density at radius 1 is 1.08 bits per heavy atom. The topological polar surface area (TPSA) is 94.1 Å². The Kier molecular flexibility index (Phi) is 6.84. The van der Waals surface area contributed by atoms with E-state index in [4.69, 9.17) is 14.2 Å². The summed E-state index contributed by atoms with van der Waals surface area (Å²) in [6.07, 6.45) is -1.03. The third-order valence-electron chi connectivity index (χ3n) is 3.70. The molecule has 0 aliphatic heterocycles. The van der Waals surface area contributed by atoms with Gasteiger partial charge in [-0.15, -0.1) is 0 Å². The molecule has 0 aliphatic carbocycles. The molecule has 2 N–H and O–H groups in total. The van der Waals surface area contributed by atoms with E-state index < -0.39 is 18.1 Å². The van der Waals surface area contributed by atoms with Gasteiger partial charge in [-0.05, 0) is 17.7 Å². The van der Waals surface area contributed by atoms with Crippen LogP contribution in [0.5, 0.6) is 11.5 Å². The van der Waals surface area contributed by atoms with Crippen molar-refractivity contribution < 1.29 is 28.9 Å². The largest absolute Gasteiger partial charge is 0.497 e. The number of alkyl carbamates (subject to hydrolysis) is 1. The number of carboxylic acids is 1. The molecule has 1 atom stereocenters. The molecule has 0 radical (unpaired) electrons. The highest BCUT2D eigenvalue weighted by Gasteiger charge is 2.22. The van der Waals surface area contributed by atoms with Crippen molar-refractivity contribution in [1.29, 1.82) is 0 Å². The zero-order valence-electron chi connectivity index (χ0n) is 14.6. The second-order valence-corrected chi connectivity index (χ2v) is 5.46. The molecule has 0 fully saturated rings. The highest BCUT2D eigenvalue weighted by atomic mass is 16.5. The van der Waals surface area contributed by atoms with Gasteiger partial charge in [-0.25, -0.2) is 4.79 Å². The van der Waals surface area contributed by atoms with Crippen molar-refractivity contribution in [3.05, 3.63) is 59.7 Å². The fourth-order valence-electron chi connectivity index (χ4n) is 2.43. The molecule has 138 valence electrons. The molecule has 0 saturated heterocycles. The van der Waals surface area contributed by atoms with E-state index in [-0.39, 0.29) is 13.0 Å². The summed E-state index contributed by atoms with van der Waals surface area (Å²) in [7, 11) is 2.98. The average molecular weight is 359 g/mol. The molecule has 0 spiro atoms. The molecule has 0 aliphatic rings. The van der Waals surface area contributed by atoms with Crippen LogP contribution < -0.4 is 14.8 Å². The highest BCUT2D eigenvalue weighted by Crippen LogP contribution is 2.31. The molecule has 1 amide bonds.